The number of aliphatic hydroxyl groups excluding tert-OH is 1. The van der Waals surface area contributed by atoms with Crippen LogP contribution in [0.25, 0.3) is 0 Å². The van der Waals surface area contributed by atoms with E-state index >= 15 is 0 Å². The molecule has 0 saturated carbocycles. The minimum atomic E-state index is -1.52. The summed E-state index contributed by atoms with van der Waals surface area (Å²) in [4.78, 5) is 116. The molecule has 76 heavy (non-hydrogen) atoms. The number of esters is 2. The molecule has 394 valence electrons. The van der Waals surface area contributed by atoms with Gasteiger partial charge in [-0.25, -0.2) is 4.99 Å². The van der Waals surface area contributed by atoms with Gasteiger partial charge in [-0.15, -0.1) is 0 Å². The molecular formula is C53H57N8NaO14. The number of carboxylic acid groups (broad SMARTS) is 1. The van der Waals surface area contributed by atoms with E-state index in [-0.39, 0.29) is 79.8 Å². The Morgan fingerprint density at radius 2 is 1.08 bits per heavy atom. The van der Waals surface area contributed by atoms with E-state index < -0.39 is 53.1 Å². The molecular weight excluding hydrogens is 996 g/mol. The first kappa shape index (κ1) is 62.6. The molecule has 23 heteroatoms. The molecule has 0 aliphatic carbocycles. The number of carboxylic acids is 1. The number of quaternary nitrogens is 1. The molecule has 0 saturated heterocycles. The van der Waals surface area contributed by atoms with Gasteiger partial charge in [0.2, 0.25) is 0 Å². The van der Waals surface area contributed by atoms with Crippen LogP contribution in [0.5, 0.6) is 0 Å². The molecule has 6 N–H and O–H groups in total. The molecule has 2 aliphatic rings. The van der Waals surface area contributed by atoms with Crippen molar-refractivity contribution in [3.8, 4) is 0 Å². The van der Waals surface area contributed by atoms with Crippen molar-refractivity contribution in [2.24, 2.45) is 26.5 Å². The number of ketones is 2. The number of carbonyl (C=O) groups excluding carboxylic acids is 8. The van der Waals surface area contributed by atoms with Gasteiger partial charge in [0.15, 0.2) is 17.7 Å². The summed E-state index contributed by atoms with van der Waals surface area (Å²) in [5, 5.41) is 27.5. The molecule has 2 amide bonds. The monoisotopic (exact) mass is 1050 g/mol. The molecule has 0 spiro atoms. The summed E-state index contributed by atoms with van der Waals surface area (Å²) in [7, 11) is 0. The number of para-hydroxylation sites is 2. The Balaban J connectivity index is 0.000000312. The molecule has 0 unspecified atom stereocenters. The van der Waals surface area contributed by atoms with Crippen molar-refractivity contribution in [3.63, 3.8) is 0 Å². The number of aromatic nitrogens is 2. The van der Waals surface area contributed by atoms with Gasteiger partial charge in [0.25, 0.3) is 18.5 Å². The van der Waals surface area contributed by atoms with Crippen LogP contribution in [-0.2, 0) is 52.7 Å². The summed E-state index contributed by atoms with van der Waals surface area (Å²) in [5.41, 5.74) is 13.1. The number of hydrogen-bond donors (Lipinski definition) is 3. The Hall–Kier alpha value is -7.70. The number of benzene rings is 3. The van der Waals surface area contributed by atoms with Gasteiger partial charge < -0.3 is 51.0 Å². The van der Waals surface area contributed by atoms with Gasteiger partial charge in [-0.3, -0.25) is 53.4 Å². The number of anilines is 2. The van der Waals surface area contributed by atoms with Crippen molar-refractivity contribution >= 4 is 70.6 Å². The van der Waals surface area contributed by atoms with Crippen LogP contribution in [0.3, 0.4) is 0 Å². The van der Waals surface area contributed by atoms with Gasteiger partial charge >= 0.3 is 47.4 Å². The molecule has 2 aromatic heterocycles. The summed E-state index contributed by atoms with van der Waals surface area (Å²) in [6, 6.07) is 33.4. The molecule has 7 rings (SSSR count). The fourth-order valence-electron chi connectivity index (χ4n) is 6.89. The number of pyridine rings is 2. The third-order valence-electron chi connectivity index (χ3n) is 11.1. The predicted octanol–water partition coefficient (Wildman–Crippen LogP) is -2.39. The number of aliphatic carboxylic acids is 1. The Kier molecular flexibility index (Phi) is 24.2. The molecule has 2 aliphatic heterocycles. The van der Waals surface area contributed by atoms with E-state index in [0.717, 1.165) is 0 Å². The van der Waals surface area contributed by atoms with Crippen LogP contribution < -0.4 is 61.2 Å². The largest absolute Gasteiger partial charge is 1.00 e. The Morgan fingerprint density at radius 1 is 0.684 bits per heavy atom. The Labute approximate surface area is 460 Å². The quantitative estimate of drug-likeness (QED) is 0.0324. The molecule has 0 fully saturated rings. The van der Waals surface area contributed by atoms with Crippen molar-refractivity contribution in [1.82, 2.24) is 9.97 Å². The first-order valence-electron chi connectivity index (χ1n) is 22.9. The number of hydrogen-bond acceptors (Lipinski definition) is 19. The van der Waals surface area contributed by atoms with Gasteiger partial charge in [0.05, 0.1) is 64.1 Å². The van der Waals surface area contributed by atoms with Crippen LogP contribution >= 0.6 is 0 Å². The first-order chi connectivity index (χ1) is 35.5. The van der Waals surface area contributed by atoms with Crippen LogP contribution in [0.2, 0.25) is 0 Å². The fourth-order valence-corrected chi connectivity index (χ4v) is 6.89. The van der Waals surface area contributed by atoms with Gasteiger partial charge in [0.1, 0.15) is 19.3 Å². The number of benzodiazepines with no additional fused rings is 2. The normalized spacial score (nSPS) is 15.0. The predicted molar refractivity (Wildman–Crippen MR) is 266 cm³/mol. The van der Waals surface area contributed by atoms with Crippen molar-refractivity contribution < 1.29 is 103 Å². The van der Waals surface area contributed by atoms with Gasteiger partial charge in [-0.05, 0) is 69.7 Å². The summed E-state index contributed by atoms with van der Waals surface area (Å²) in [6.45, 7) is 8.56. The molecule has 5 aromatic rings. The van der Waals surface area contributed by atoms with Crippen LogP contribution in [-0.4, -0.2) is 113 Å². The van der Waals surface area contributed by atoms with Crippen molar-refractivity contribution in [3.05, 3.63) is 156 Å². The smallest absolute Gasteiger partial charge is 0.662 e. The van der Waals surface area contributed by atoms with Crippen molar-refractivity contribution in [2.45, 2.75) is 60.0 Å². The number of rotatable bonds is 15. The molecule has 0 bridgehead atoms. The summed E-state index contributed by atoms with van der Waals surface area (Å²) in [5.74, 6) is -3.78. The van der Waals surface area contributed by atoms with E-state index in [1.807, 2.05) is 42.5 Å². The van der Waals surface area contributed by atoms with E-state index in [0.29, 0.717) is 50.9 Å². The van der Waals surface area contributed by atoms with Gasteiger partial charge in [0, 0.05) is 37.4 Å². The zero-order valence-corrected chi connectivity index (χ0v) is 45.0. The second kappa shape index (κ2) is 29.4. The van der Waals surface area contributed by atoms with E-state index in [4.69, 9.17) is 30.4 Å². The third-order valence-corrected chi connectivity index (χ3v) is 11.1. The van der Waals surface area contributed by atoms with E-state index in [1.54, 1.807) is 101 Å². The maximum Gasteiger partial charge on any atom is 1.00 e. The zero-order valence-electron chi connectivity index (χ0n) is 43.0. The zero-order chi connectivity index (χ0) is 55.5. The van der Waals surface area contributed by atoms with Crippen LogP contribution in [0.15, 0.2) is 138 Å². The van der Waals surface area contributed by atoms with Gasteiger partial charge in [-0.1, -0.05) is 78.9 Å². The maximum atomic E-state index is 13.1. The average molecular weight is 1050 g/mol. The minimum absolute atomic E-state index is 0. The number of ether oxygens (including phenoxy) is 2. The standard InChI is InChI=1S/2C22H24N4O4.C8H8O3.CH2O3.Na/c2*1-14(27)30-13-22(2,3)18(28)12-26-17-10-5-4-8-15(17)19(25-20(23)21(26)29)16-9-6-7-11-24-16;9-7(8(10)11)6-4-2-1-3-5-6;2-1-4-3;/h2*4-11,20H,12-13,23H2,1-3H3;1-5,7,9H,(H,10,11);1,3H;/q;;;;+1/p-1/t2*20-;7-;;/m111../s1. The summed E-state index contributed by atoms with van der Waals surface area (Å²) in [6.07, 6.45) is -0.337. The Morgan fingerprint density at radius 3 is 1.47 bits per heavy atom. The number of fused-ring (bicyclic) bond motifs is 2. The van der Waals surface area contributed by atoms with Gasteiger partial charge in [-0.2, -0.15) is 0 Å². The first-order valence-corrected chi connectivity index (χ1v) is 22.9. The van der Waals surface area contributed by atoms with E-state index in [1.165, 1.54) is 35.8 Å². The average Bonchev–Trinajstić information content (AvgIpc) is 3.58. The van der Waals surface area contributed by atoms with Crippen molar-refractivity contribution in [2.75, 3.05) is 36.1 Å². The molecule has 3 atom stereocenters. The topological polar surface area (TPSA) is 341 Å². The number of aliphatic hydroxyl groups is 1. The number of carbonyl (C=O) groups is 8. The van der Waals surface area contributed by atoms with Crippen LogP contribution in [0.4, 0.5) is 11.4 Å². The number of Topliss-reactive ketones (excluding diaryl/α,β-unsaturated/α-hetero) is 2. The van der Waals surface area contributed by atoms with E-state index in [9.17, 15) is 38.7 Å². The molecule has 0 radical (unpaired) electrons. The Bertz CT molecular complexity index is 2730. The number of aliphatic imine (C=N–C) groups is 2. The van der Waals surface area contributed by atoms with E-state index in [2.05, 4.69) is 30.6 Å². The number of nitrogens with zero attached hydrogens (tertiary/aromatic N) is 6. The molecule has 3 aromatic carbocycles. The maximum absolute atomic E-state index is 13.1. The molecule has 4 heterocycles. The number of amides is 2. The summed E-state index contributed by atoms with van der Waals surface area (Å²) < 4.78 is 10.0. The second-order valence-corrected chi connectivity index (χ2v) is 17.7. The van der Waals surface area contributed by atoms with Crippen LogP contribution in [0, 0.1) is 10.8 Å². The SMILES string of the molecule is CC(=O)OCC(C)(C)C(=O)CN1C(=O)[C@H](N)N=C(c2ccccn2)c2ccccc21.CC(=O)OCC(C)(C)C(=O)CN1C(=O)[C@H]([NH3+])N=C(c2ccccn2)c2ccccc21.O=C([O-])[C@H](O)c1ccccc1.O=CO[O-].[Na+]. The van der Waals surface area contributed by atoms with Crippen molar-refractivity contribution in [1.29, 1.82) is 0 Å². The summed E-state index contributed by atoms with van der Waals surface area (Å²) >= 11 is 0. The molecule has 22 nitrogen and oxygen atoms in total. The fraction of sp³-hybridized carbons (Fsp3) is 0.283. The minimum Gasteiger partial charge on any atom is -0.662 e. The van der Waals surface area contributed by atoms with Crippen LogP contribution in [0.1, 0.15) is 75.7 Å². The number of nitrogens with two attached hydrogens (primary N) is 1. The third kappa shape index (κ3) is 17.4. The second-order valence-electron chi connectivity index (χ2n) is 17.7.